The van der Waals surface area contributed by atoms with Crippen LogP contribution in [0, 0.1) is 0 Å². The Morgan fingerprint density at radius 1 is 0.923 bits per heavy atom. The van der Waals surface area contributed by atoms with E-state index in [1.807, 2.05) is 0 Å². The molecular weight excluding hydrogens is 322 g/mol. The van der Waals surface area contributed by atoms with Gasteiger partial charge in [0.1, 0.15) is 0 Å². The van der Waals surface area contributed by atoms with Crippen LogP contribution in [0.3, 0.4) is 0 Å². The van der Waals surface area contributed by atoms with E-state index >= 15 is 0 Å². The molecule has 0 heterocycles. The minimum absolute atomic E-state index is 0. The van der Waals surface area contributed by atoms with Crippen LogP contribution in [0.5, 0.6) is 0 Å². The fourth-order valence-electron chi connectivity index (χ4n) is 1.03. The molecule has 1 aliphatic rings. The summed E-state index contributed by atoms with van der Waals surface area (Å²) in [4.78, 5) is 0. The van der Waals surface area contributed by atoms with Crippen molar-refractivity contribution in [1.29, 1.82) is 0 Å². The van der Waals surface area contributed by atoms with Gasteiger partial charge in [0.05, 0.1) is 0 Å². The summed E-state index contributed by atoms with van der Waals surface area (Å²) in [5.74, 6) is 0. The Morgan fingerprint density at radius 2 is 1.31 bits per heavy atom. The maximum absolute atomic E-state index is 2.50. The summed E-state index contributed by atoms with van der Waals surface area (Å²) in [6, 6.07) is 0. The van der Waals surface area contributed by atoms with E-state index < -0.39 is 5.20 Å². The molecule has 1 aliphatic carbocycles. The SMILES string of the molecule is C[Si](C)(C)[Zr+3][CH]1C=CC=C1.[Cl-].[Cl-].[Cl-]. The molecule has 0 spiro atoms. The van der Waals surface area contributed by atoms with Crippen molar-refractivity contribution in [3.05, 3.63) is 24.3 Å². The van der Waals surface area contributed by atoms with Gasteiger partial charge in [0, 0.05) is 0 Å². The Hall–Kier alpha value is 1.45. The summed E-state index contributed by atoms with van der Waals surface area (Å²) in [5, 5.41) is -0.655. The van der Waals surface area contributed by atoms with Crippen LogP contribution < -0.4 is 37.2 Å². The standard InChI is InChI=1S/C5H5.C3H9Si.3ClH.Zr/c1-2-4-5-3-1;1-4(2)3;;;;/h1-5H;1-3H3;3*1H;/q;;;;;+3/p-3. The monoisotopic (exact) mass is 333 g/mol. The quantitative estimate of drug-likeness (QED) is 0.441. The number of rotatable bonds is 2. The summed E-state index contributed by atoms with van der Waals surface area (Å²) < 4.78 is 0.926. The fraction of sp³-hybridized carbons (Fsp3) is 0.500. The van der Waals surface area contributed by atoms with Crippen LogP contribution in [0.2, 0.25) is 23.3 Å². The molecule has 5 heteroatoms. The molecule has 1 rings (SSSR count). The Balaban J connectivity index is -0.000000333. The van der Waals surface area contributed by atoms with Gasteiger partial charge in [-0.2, -0.15) is 0 Å². The van der Waals surface area contributed by atoms with E-state index in [4.69, 9.17) is 0 Å². The van der Waals surface area contributed by atoms with Gasteiger partial charge in [0.25, 0.3) is 0 Å². The normalized spacial score (nSPS) is 13.8. The fourth-order valence-corrected chi connectivity index (χ4v) is 11.6. The molecular formula is C8H14Cl3SiZr. The average Bonchev–Trinajstić information content (AvgIpc) is 2.12. The van der Waals surface area contributed by atoms with E-state index in [1.54, 1.807) is 0 Å². The molecule has 0 amide bonds. The van der Waals surface area contributed by atoms with Gasteiger partial charge in [0.2, 0.25) is 0 Å². The van der Waals surface area contributed by atoms with E-state index in [0.29, 0.717) is 0 Å². The molecule has 75 valence electrons. The van der Waals surface area contributed by atoms with Crippen LogP contribution >= 0.6 is 0 Å². The first-order chi connectivity index (χ1) is 4.58. The summed E-state index contributed by atoms with van der Waals surface area (Å²) in [6.45, 7) is 7.50. The van der Waals surface area contributed by atoms with E-state index in [-0.39, 0.29) is 59.6 Å². The number of hydrogen-bond donors (Lipinski definition) is 0. The molecule has 0 aromatic heterocycles. The van der Waals surface area contributed by atoms with Crippen molar-refractivity contribution in [2.24, 2.45) is 0 Å². The summed E-state index contributed by atoms with van der Waals surface area (Å²) in [7, 11) is 0. The zero-order valence-electron chi connectivity index (χ0n) is 8.02. The van der Waals surface area contributed by atoms with Crippen molar-refractivity contribution in [2.45, 2.75) is 23.3 Å². The number of allylic oxidation sites excluding steroid dienone is 4. The van der Waals surface area contributed by atoms with Gasteiger partial charge in [-0.15, -0.1) is 0 Å². The zero-order chi connectivity index (χ0) is 7.61. The molecule has 0 atom stereocenters. The Morgan fingerprint density at radius 3 is 1.62 bits per heavy atom. The van der Waals surface area contributed by atoms with Gasteiger partial charge in [-0.1, -0.05) is 0 Å². The summed E-state index contributed by atoms with van der Waals surface area (Å²) in [5.41, 5.74) is 0. The molecule has 0 aromatic rings. The zero-order valence-corrected chi connectivity index (χ0v) is 13.7. The molecule has 0 nitrogen and oxygen atoms in total. The second-order valence-electron chi connectivity index (χ2n) is 3.69. The van der Waals surface area contributed by atoms with Gasteiger partial charge in [-0.05, 0) is 0 Å². The summed E-state index contributed by atoms with van der Waals surface area (Å²) in [6.07, 6.45) is 9.16. The van der Waals surface area contributed by atoms with Crippen LogP contribution in [0.15, 0.2) is 24.3 Å². The topological polar surface area (TPSA) is 0 Å². The van der Waals surface area contributed by atoms with Crippen molar-refractivity contribution in [3.8, 4) is 0 Å². The minimum atomic E-state index is -0.655. The predicted molar refractivity (Wildman–Crippen MR) is 45.4 cm³/mol. The Labute approximate surface area is 111 Å². The molecule has 0 radical (unpaired) electrons. The van der Waals surface area contributed by atoms with Crippen LogP contribution in [-0.2, 0) is 22.4 Å². The van der Waals surface area contributed by atoms with Crippen molar-refractivity contribution in [2.75, 3.05) is 0 Å². The molecule has 0 saturated carbocycles. The molecule has 0 unspecified atom stereocenters. The number of halogens is 3. The number of hydrogen-bond acceptors (Lipinski definition) is 0. The third-order valence-corrected chi connectivity index (χ3v) is 12.3. The van der Waals surface area contributed by atoms with Crippen molar-refractivity contribution >= 4 is 5.20 Å². The van der Waals surface area contributed by atoms with Crippen LogP contribution in [0.25, 0.3) is 0 Å². The van der Waals surface area contributed by atoms with Crippen molar-refractivity contribution in [3.63, 3.8) is 0 Å². The van der Waals surface area contributed by atoms with Gasteiger partial charge in [-0.3, -0.25) is 0 Å². The maximum atomic E-state index is 2.50. The van der Waals surface area contributed by atoms with Crippen LogP contribution in [0.4, 0.5) is 0 Å². The average molecular weight is 336 g/mol. The van der Waals surface area contributed by atoms with E-state index in [0.717, 1.165) is 3.63 Å². The third kappa shape index (κ3) is 9.75. The van der Waals surface area contributed by atoms with Gasteiger partial charge in [-0.25, -0.2) is 0 Å². The minimum Gasteiger partial charge on any atom is -1.00 e. The molecule has 0 fully saturated rings. The molecule has 0 aromatic carbocycles. The molecule has 0 aliphatic heterocycles. The first kappa shape index (κ1) is 19.9. The second kappa shape index (κ2) is 8.73. The first-order valence-electron chi connectivity index (χ1n) is 3.71. The predicted octanol–water partition coefficient (Wildman–Crippen LogP) is -6.17. The molecule has 0 bridgehead atoms. The van der Waals surface area contributed by atoms with Gasteiger partial charge < -0.3 is 37.2 Å². The summed E-state index contributed by atoms with van der Waals surface area (Å²) >= 11 is -0.0800. The largest absolute Gasteiger partial charge is 1.00 e. The van der Waals surface area contributed by atoms with E-state index in [1.165, 1.54) is 0 Å². The van der Waals surface area contributed by atoms with Crippen molar-refractivity contribution < 1.29 is 59.6 Å². The smallest absolute Gasteiger partial charge is 1.00 e. The van der Waals surface area contributed by atoms with Crippen molar-refractivity contribution in [1.82, 2.24) is 0 Å². The van der Waals surface area contributed by atoms with Gasteiger partial charge >= 0.3 is 75.2 Å². The third-order valence-electron chi connectivity index (χ3n) is 1.35. The van der Waals surface area contributed by atoms with E-state index in [2.05, 4.69) is 43.9 Å². The Kier molecular flexibility index (Phi) is 13.4. The Bertz CT molecular complexity index is 163. The second-order valence-corrected chi connectivity index (χ2v) is 23.3. The first-order valence-corrected chi connectivity index (χ1v) is 12.3. The molecule has 13 heavy (non-hydrogen) atoms. The van der Waals surface area contributed by atoms with Gasteiger partial charge in [0.15, 0.2) is 0 Å². The van der Waals surface area contributed by atoms with E-state index in [9.17, 15) is 0 Å². The molecule has 0 N–H and O–H groups in total. The maximum Gasteiger partial charge on any atom is -1.00 e. The van der Waals surface area contributed by atoms with Crippen LogP contribution in [0.1, 0.15) is 0 Å². The molecule has 0 saturated heterocycles. The van der Waals surface area contributed by atoms with Crippen LogP contribution in [-0.4, -0.2) is 5.20 Å².